The quantitative estimate of drug-likeness (QED) is 0.569. The molecule has 0 aliphatic carbocycles. The third kappa shape index (κ3) is 2.32. The van der Waals surface area contributed by atoms with E-state index in [1.807, 2.05) is 0 Å². The molecule has 0 radical (unpaired) electrons. The van der Waals surface area contributed by atoms with Crippen LogP contribution in [0.25, 0.3) is 0 Å². The molecule has 1 N–H and O–H groups in total. The van der Waals surface area contributed by atoms with E-state index in [4.69, 9.17) is 9.94 Å². The molecule has 15 heavy (non-hydrogen) atoms. The molecule has 2 unspecified atom stereocenters. The second-order valence-corrected chi connectivity index (χ2v) is 4.51. The Bertz CT molecular complexity index is 227. The molecular formula is C11H20N2O2. The first-order valence-corrected chi connectivity index (χ1v) is 5.88. The summed E-state index contributed by atoms with van der Waals surface area (Å²) >= 11 is 0. The normalized spacial score (nSPS) is 31.7. The van der Waals surface area contributed by atoms with Crippen LogP contribution in [0.5, 0.6) is 0 Å². The van der Waals surface area contributed by atoms with Gasteiger partial charge in [-0.25, -0.2) is 0 Å². The molecule has 0 aromatic heterocycles. The Labute approximate surface area is 90.9 Å². The van der Waals surface area contributed by atoms with Gasteiger partial charge in [0, 0.05) is 24.9 Å². The summed E-state index contributed by atoms with van der Waals surface area (Å²) in [6.45, 7) is 4.96. The number of unbranched alkanes of at least 4 members (excludes halogenated alkanes) is 1. The van der Waals surface area contributed by atoms with Gasteiger partial charge < -0.3 is 9.94 Å². The van der Waals surface area contributed by atoms with E-state index in [0.717, 1.165) is 38.3 Å². The van der Waals surface area contributed by atoms with E-state index in [2.05, 4.69) is 17.0 Å². The number of nitrogens with zero attached hydrogens (tertiary/aromatic N) is 2. The topological polar surface area (TPSA) is 45.1 Å². The zero-order valence-corrected chi connectivity index (χ0v) is 9.35. The molecule has 2 heterocycles. The van der Waals surface area contributed by atoms with Crippen LogP contribution in [0.4, 0.5) is 0 Å². The first-order chi connectivity index (χ1) is 7.35. The SMILES string of the molecule is CCCCN1C2COCC1CC(=NO)C2. The maximum Gasteiger partial charge on any atom is 0.0626 e. The third-order valence-electron chi connectivity index (χ3n) is 3.41. The Kier molecular flexibility index (Phi) is 3.59. The fraction of sp³-hybridized carbons (Fsp3) is 0.909. The Morgan fingerprint density at radius 3 is 2.60 bits per heavy atom. The molecular weight excluding hydrogens is 192 g/mol. The van der Waals surface area contributed by atoms with E-state index >= 15 is 0 Å². The molecule has 0 amide bonds. The summed E-state index contributed by atoms with van der Waals surface area (Å²) in [6.07, 6.45) is 4.23. The van der Waals surface area contributed by atoms with Crippen molar-refractivity contribution in [2.24, 2.45) is 5.16 Å². The van der Waals surface area contributed by atoms with Crippen molar-refractivity contribution in [3.8, 4) is 0 Å². The maximum atomic E-state index is 8.84. The zero-order valence-electron chi connectivity index (χ0n) is 9.35. The van der Waals surface area contributed by atoms with Crippen molar-refractivity contribution in [2.45, 2.75) is 44.7 Å². The lowest BCUT2D eigenvalue weighted by molar-refractivity contribution is -0.0533. The van der Waals surface area contributed by atoms with Crippen molar-refractivity contribution in [3.05, 3.63) is 0 Å². The summed E-state index contributed by atoms with van der Waals surface area (Å²) in [5.74, 6) is 0. The van der Waals surface area contributed by atoms with Gasteiger partial charge in [-0.1, -0.05) is 18.5 Å². The molecule has 2 saturated heterocycles. The van der Waals surface area contributed by atoms with E-state index in [1.165, 1.54) is 12.8 Å². The standard InChI is InChI=1S/C11H20N2O2/c1-2-3-4-13-10-5-9(12-14)6-11(13)8-15-7-10/h10-11,14H,2-8H2,1H3. The Balaban J connectivity index is 2.00. The van der Waals surface area contributed by atoms with Crippen LogP contribution in [-0.4, -0.2) is 47.7 Å². The Morgan fingerprint density at radius 1 is 1.40 bits per heavy atom. The van der Waals surface area contributed by atoms with Gasteiger partial charge >= 0.3 is 0 Å². The largest absolute Gasteiger partial charge is 0.411 e. The molecule has 2 aliphatic rings. The van der Waals surface area contributed by atoms with Gasteiger partial charge in [-0.3, -0.25) is 4.90 Å². The van der Waals surface area contributed by atoms with E-state index in [1.54, 1.807) is 0 Å². The lowest BCUT2D eigenvalue weighted by atomic mass is 9.92. The van der Waals surface area contributed by atoms with Crippen LogP contribution >= 0.6 is 0 Å². The van der Waals surface area contributed by atoms with E-state index in [-0.39, 0.29) is 0 Å². The molecule has 0 saturated carbocycles. The fourth-order valence-electron chi connectivity index (χ4n) is 2.60. The fourth-order valence-corrected chi connectivity index (χ4v) is 2.60. The van der Waals surface area contributed by atoms with Gasteiger partial charge in [-0.15, -0.1) is 0 Å². The van der Waals surface area contributed by atoms with E-state index < -0.39 is 0 Å². The van der Waals surface area contributed by atoms with E-state index in [9.17, 15) is 0 Å². The Morgan fingerprint density at radius 2 is 2.07 bits per heavy atom. The predicted molar refractivity (Wildman–Crippen MR) is 58.5 cm³/mol. The van der Waals surface area contributed by atoms with Gasteiger partial charge in [0.05, 0.1) is 18.9 Å². The minimum absolute atomic E-state index is 0.440. The summed E-state index contributed by atoms with van der Waals surface area (Å²) < 4.78 is 5.56. The molecule has 4 nitrogen and oxygen atoms in total. The summed E-state index contributed by atoms with van der Waals surface area (Å²) in [4.78, 5) is 2.54. The molecule has 2 fully saturated rings. The number of oxime groups is 1. The zero-order chi connectivity index (χ0) is 10.7. The predicted octanol–water partition coefficient (Wildman–Crippen LogP) is 1.48. The van der Waals surface area contributed by atoms with Gasteiger partial charge in [-0.05, 0) is 13.0 Å². The third-order valence-corrected chi connectivity index (χ3v) is 3.41. The number of rotatable bonds is 3. The van der Waals surface area contributed by atoms with Gasteiger partial charge in [0.25, 0.3) is 0 Å². The molecule has 86 valence electrons. The highest BCUT2D eigenvalue weighted by molar-refractivity contribution is 5.85. The highest BCUT2D eigenvalue weighted by atomic mass is 16.5. The summed E-state index contributed by atoms with van der Waals surface area (Å²) in [5, 5.41) is 12.2. The first kappa shape index (κ1) is 10.9. The summed E-state index contributed by atoms with van der Waals surface area (Å²) in [7, 11) is 0. The highest BCUT2D eigenvalue weighted by Gasteiger charge is 2.36. The van der Waals surface area contributed by atoms with Gasteiger partial charge in [0.2, 0.25) is 0 Å². The molecule has 0 spiro atoms. The number of hydrogen-bond donors (Lipinski definition) is 1. The molecule has 4 heteroatoms. The van der Waals surface area contributed by atoms with Crippen LogP contribution in [0.2, 0.25) is 0 Å². The van der Waals surface area contributed by atoms with Crippen molar-refractivity contribution in [1.82, 2.24) is 4.90 Å². The van der Waals surface area contributed by atoms with Crippen LogP contribution < -0.4 is 0 Å². The first-order valence-electron chi connectivity index (χ1n) is 5.88. The van der Waals surface area contributed by atoms with Crippen molar-refractivity contribution >= 4 is 5.71 Å². The molecule has 0 aromatic rings. The maximum absolute atomic E-state index is 8.84. The van der Waals surface area contributed by atoms with Crippen LogP contribution in [0.3, 0.4) is 0 Å². The van der Waals surface area contributed by atoms with Gasteiger partial charge in [0.1, 0.15) is 0 Å². The van der Waals surface area contributed by atoms with Crippen molar-refractivity contribution < 1.29 is 9.94 Å². The number of piperidine rings is 1. The van der Waals surface area contributed by atoms with Crippen LogP contribution in [0.15, 0.2) is 5.16 Å². The molecule has 0 aromatic carbocycles. The second-order valence-electron chi connectivity index (χ2n) is 4.51. The molecule has 2 bridgehead atoms. The van der Waals surface area contributed by atoms with Gasteiger partial charge in [0.15, 0.2) is 0 Å². The smallest absolute Gasteiger partial charge is 0.0626 e. The average molecular weight is 212 g/mol. The lowest BCUT2D eigenvalue weighted by Crippen LogP contribution is -2.57. The number of morpholine rings is 1. The minimum atomic E-state index is 0.440. The van der Waals surface area contributed by atoms with Crippen molar-refractivity contribution in [1.29, 1.82) is 0 Å². The van der Waals surface area contributed by atoms with Crippen molar-refractivity contribution in [3.63, 3.8) is 0 Å². The van der Waals surface area contributed by atoms with Crippen LogP contribution in [-0.2, 0) is 4.74 Å². The number of hydrogen-bond acceptors (Lipinski definition) is 4. The highest BCUT2D eigenvalue weighted by Crippen LogP contribution is 2.26. The van der Waals surface area contributed by atoms with Crippen LogP contribution in [0.1, 0.15) is 32.6 Å². The molecule has 2 aliphatic heterocycles. The van der Waals surface area contributed by atoms with Crippen LogP contribution in [0, 0.1) is 0 Å². The monoisotopic (exact) mass is 212 g/mol. The number of ether oxygens (including phenoxy) is 1. The Hall–Kier alpha value is -0.610. The molecule has 2 atom stereocenters. The lowest BCUT2D eigenvalue weighted by Gasteiger charge is -2.45. The molecule has 2 rings (SSSR count). The second kappa shape index (κ2) is 4.94. The van der Waals surface area contributed by atoms with E-state index in [0.29, 0.717) is 12.1 Å². The average Bonchev–Trinajstić information content (AvgIpc) is 2.25. The van der Waals surface area contributed by atoms with Gasteiger partial charge in [-0.2, -0.15) is 0 Å². The minimum Gasteiger partial charge on any atom is -0.411 e. The number of fused-ring (bicyclic) bond motifs is 2. The van der Waals surface area contributed by atoms with Crippen molar-refractivity contribution in [2.75, 3.05) is 19.8 Å². The summed E-state index contributed by atoms with van der Waals surface area (Å²) in [6, 6.07) is 0.880. The summed E-state index contributed by atoms with van der Waals surface area (Å²) in [5.41, 5.74) is 0.945.